The quantitative estimate of drug-likeness (QED) is 0.424. The normalized spacial score (nSPS) is 15.7. The van der Waals surface area contributed by atoms with E-state index in [4.69, 9.17) is 9.47 Å². The first-order valence-electron chi connectivity index (χ1n) is 11.8. The fourth-order valence-electron chi connectivity index (χ4n) is 4.70. The summed E-state index contributed by atoms with van der Waals surface area (Å²) in [5.74, 6) is 2.08. The van der Waals surface area contributed by atoms with Crippen LogP contribution in [-0.2, 0) is 0 Å². The fourth-order valence-corrected chi connectivity index (χ4v) is 5.79. The molecule has 1 aliphatic rings. The van der Waals surface area contributed by atoms with Crippen molar-refractivity contribution < 1.29 is 14.3 Å². The number of methoxy groups -OCH3 is 2. The Morgan fingerprint density at radius 2 is 1.71 bits per heavy atom. The number of hydrogen-bond donors (Lipinski definition) is 1. The van der Waals surface area contributed by atoms with E-state index in [-0.39, 0.29) is 11.9 Å². The lowest BCUT2D eigenvalue weighted by atomic mass is 9.90. The van der Waals surface area contributed by atoms with Gasteiger partial charge in [-0.1, -0.05) is 31.2 Å². The zero-order valence-corrected chi connectivity index (χ0v) is 21.5. The van der Waals surface area contributed by atoms with Crippen molar-refractivity contribution in [1.29, 1.82) is 0 Å². The Bertz CT molecular complexity index is 1130. The Kier molecular flexibility index (Phi) is 7.59. The Morgan fingerprint density at radius 3 is 2.35 bits per heavy atom. The molecule has 0 unspecified atom stereocenters. The van der Waals surface area contributed by atoms with E-state index in [1.165, 1.54) is 16.0 Å². The highest BCUT2D eigenvalue weighted by Gasteiger charge is 2.32. The number of likely N-dealkylation sites (tertiary alicyclic amines) is 1. The van der Waals surface area contributed by atoms with Crippen molar-refractivity contribution in [2.24, 2.45) is 5.92 Å². The van der Waals surface area contributed by atoms with Crippen molar-refractivity contribution >= 4 is 22.2 Å². The van der Waals surface area contributed by atoms with Crippen molar-refractivity contribution in [3.05, 3.63) is 75.7 Å². The molecule has 6 heteroatoms. The van der Waals surface area contributed by atoms with Gasteiger partial charge in [0.2, 0.25) is 0 Å². The van der Waals surface area contributed by atoms with Gasteiger partial charge in [0.05, 0.1) is 20.3 Å². The van der Waals surface area contributed by atoms with E-state index in [0.29, 0.717) is 11.3 Å². The standard InChI is InChI=1S/C28H34N2O3S/c1-18-13-15-30(16-14-18)26(22-11-12-23(32-4)24(17-22)33-5)25-19(2)20(3)34-28(25)29-27(31)21-9-7-6-8-10-21/h6-12,17-18,26H,13-16H2,1-5H3,(H,29,31)/t26-/m0/s1. The number of thiophene rings is 1. The number of benzene rings is 2. The minimum atomic E-state index is -0.0820. The Labute approximate surface area is 206 Å². The first-order chi connectivity index (χ1) is 16.4. The summed E-state index contributed by atoms with van der Waals surface area (Å²) in [6.45, 7) is 8.65. The number of carbonyl (C=O) groups is 1. The Hall–Kier alpha value is -2.83. The molecule has 5 nitrogen and oxygen atoms in total. The summed E-state index contributed by atoms with van der Waals surface area (Å²) in [5.41, 5.74) is 4.20. The van der Waals surface area contributed by atoms with E-state index < -0.39 is 0 Å². The predicted octanol–water partition coefficient (Wildman–Crippen LogP) is 6.46. The summed E-state index contributed by atoms with van der Waals surface area (Å²) in [7, 11) is 3.33. The average molecular weight is 479 g/mol. The van der Waals surface area contributed by atoms with Crippen molar-refractivity contribution in [3.63, 3.8) is 0 Å². The average Bonchev–Trinajstić information content (AvgIpc) is 3.13. The van der Waals surface area contributed by atoms with E-state index in [1.807, 2.05) is 36.4 Å². The molecule has 2 aromatic carbocycles. The highest BCUT2D eigenvalue weighted by atomic mass is 32.1. The lowest BCUT2D eigenvalue weighted by molar-refractivity contribution is 0.102. The van der Waals surface area contributed by atoms with Crippen LogP contribution in [0.4, 0.5) is 5.00 Å². The van der Waals surface area contributed by atoms with Gasteiger partial charge in [-0.25, -0.2) is 0 Å². The summed E-state index contributed by atoms with van der Waals surface area (Å²) < 4.78 is 11.1. The fraction of sp³-hybridized carbons (Fsp3) is 0.393. The van der Waals surface area contributed by atoms with Crippen LogP contribution in [0.5, 0.6) is 11.5 Å². The van der Waals surface area contributed by atoms with Crippen LogP contribution < -0.4 is 14.8 Å². The lowest BCUT2D eigenvalue weighted by Gasteiger charge is -2.38. The first-order valence-corrected chi connectivity index (χ1v) is 12.7. The maximum Gasteiger partial charge on any atom is 0.256 e. The zero-order chi connectivity index (χ0) is 24.2. The monoisotopic (exact) mass is 478 g/mol. The van der Waals surface area contributed by atoms with Crippen LogP contribution in [0.2, 0.25) is 0 Å². The van der Waals surface area contributed by atoms with E-state index in [2.05, 4.69) is 43.1 Å². The second kappa shape index (κ2) is 10.6. The minimum Gasteiger partial charge on any atom is -0.493 e. The molecule has 4 rings (SSSR count). The van der Waals surface area contributed by atoms with Gasteiger partial charge in [0.25, 0.3) is 5.91 Å². The maximum absolute atomic E-state index is 13.1. The molecule has 0 spiro atoms. The van der Waals surface area contributed by atoms with Crippen molar-refractivity contribution in [2.45, 2.75) is 39.7 Å². The third-order valence-corrected chi connectivity index (χ3v) is 8.01. The van der Waals surface area contributed by atoms with Crippen LogP contribution in [0.3, 0.4) is 0 Å². The molecule has 2 heterocycles. The van der Waals surface area contributed by atoms with Crippen LogP contribution in [0.25, 0.3) is 0 Å². The number of nitrogens with zero attached hydrogens (tertiary/aromatic N) is 1. The lowest BCUT2D eigenvalue weighted by Crippen LogP contribution is -2.37. The van der Waals surface area contributed by atoms with Gasteiger partial charge < -0.3 is 14.8 Å². The van der Waals surface area contributed by atoms with Crippen molar-refractivity contribution in [1.82, 2.24) is 4.90 Å². The van der Waals surface area contributed by atoms with E-state index in [9.17, 15) is 4.79 Å². The summed E-state index contributed by atoms with van der Waals surface area (Å²) in [5, 5.41) is 4.15. The van der Waals surface area contributed by atoms with Gasteiger partial charge >= 0.3 is 0 Å². The van der Waals surface area contributed by atoms with Crippen LogP contribution in [-0.4, -0.2) is 38.1 Å². The molecule has 1 atom stereocenters. The largest absolute Gasteiger partial charge is 0.493 e. The number of piperidine rings is 1. The van der Waals surface area contributed by atoms with Crippen molar-refractivity contribution in [3.8, 4) is 11.5 Å². The molecular weight excluding hydrogens is 444 g/mol. The molecule has 0 aliphatic carbocycles. The SMILES string of the molecule is COc1ccc([C@@H](c2c(NC(=O)c3ccccc3)sc(C)c2C)N2CCC(C)CC2)cc1OC. The third-order valence-electron chi connectivity index (χ3n) is 6.88. The van der Waals surface area contributed by atoms with Gasteiger partial charge in [0.1, 0.15) is 5.00 Å². The third kappa shape index (κ3) is 4.98. The predicted molar refractivity (Wildman–Crippen MR) is 140 cm³/mol. The molecule has 1 amide bonds. The van der Waals surface area contributed by atoms with Crippen LogP contribution in [0, 0.1) is 19.8 Å². The summed E-state index contributed by atoms with van der Waals surface area (Å²) >= 11 is 1.65. The number of hydrogen-bond acceptors (Lipinski definition) is 5. The number of amides is 1. The Morgan fingerprint density at radius 1 is 1.03 bits per heavy atom. The highest BCUT2D eigenvalue weighted by Crippen LogP contribution is 2.45. The summed E-state index contributed by atoms with van der Waals surface area (Å²) in [6.07, 6.45) is 2.33. The second-order valence-corrected chi connectivity index (χ2v) is 10.3. The van der Waals surface area contributed by atoms with Crippen LogP contribution in [0.15, 0.2) is 48.5 Å². The van der Waals surface area contributed by atoms with Crippen molar-refractivity contribution in [2.75, 3.05) is 32.6 Å². The summed E-state index contributed by atoms with van der Waals surface area (Å²) in [6, 6.07) is 15.6. The van der Waals surface area contributed by atoms with Gasteiger partial charge in [-0.05, 0) is 81.1 Å². The Balaban J connectivity index is 1.79. The second-order valence-electron chi connectivity index (χ2n) is 9.08. The van der Waals surface area contributed by atoms with E-state index >= 15 is 0 Å². The number of aryl methyl sites for hydroxylation is 1. The highest BCUT2D eigenvalue weighted by molar-refractivity contribution is 7.16. The molecular formula is C28H34N2O3S. The molecule has 180 valence electrons. The van der Waals surface area contributed by atoms with Gasteiger partial charge in [0.15, 0.2) is 11.5 Å². The molecule has 1 N–H and O–H groups in total. The van der Waals surface area contributed by atoms with Gasteiger partial charge in [-0.15, -0.1) is 11.3 Å². The molecule has 1 saturated heterocycles. The van der Waals surface area contributed by atoms with Gasteiger partial charge in [0, 0.05) is 16.0 Å². The number of anilines is 1. The molecule has 0 saturated carbocycles. The van der Waals surface area contributed by atoms with E-state index in [0.717, 1.165) is 48.2 Å². The number of nitrogens with one attached hydrogen (secondary N) is 1. The number of ether oxygens (including phenoxy) is 2. The van der Waals surface area contributed by atoms with Gasteiger partial charge in [-0.2, -0.15) is 0 Å². The molecule has 3 aromatic rings. The topological polar surface area (TPSA) is 50.8 Å². The summed E-state index contributed by atoms with van der Waals surface area (Å²) in [4.78, 5) is 16.9. The first kappa shape index (κ1) is 24.3. The smallest absolute Gasteiger partial charge is 0.256 e. The van der Waals surface area contributed by atoms with Crippen LogP contribution >= 0.6 is 11.3 Å². The maximum atomic E-state index is 13.1. The minimum absolute atomic E-state index is 0.0170. The zero-order valence-electron chi connectivity index (χ0n) is 20.7. The van der Waals surface area contributed by atoms with E-state index in [1.54, 1.807) is 25.6 Å². The molecule has 1 fully saturated rings. The molecule has 1 aromatic heterocycles. The molecule has 34 heavy (non-hydrogen) atoms. The van der Waals surface area contributed by atoms with Gasteiger partial charge in [-0.3, -0.25) is 9.69 Å². The molecule has 0 bridgehead atoms. The molecule has 0 radical (unpaired) electrons. The van der Waals surface area contributed by atoms with Crippen LogP contribution in [0.1, 0.15) is 57.7 Å². The number of carbonyl (C=O) groups excluding carboxylic acids is 1. The molecule has 1 aliphatic heterocycles. The number of rotatable bonds is 7.